The second-order valence-corrected chi connectivity index (χ2v) is 8.14. The fourth-order valence-electron chi connectivity index (χ4n) is 4.03. The lowest BCUT2D eigenvalue weighted by molar-refractivity contribution is 0.992. The van der Waals surface area contributed by atoms with Crippen LogP contribution in [0.15, 0.2) is 91.3 Å². The van der Waals surface area contributed by atoms with Crippen LogP contribution in [0.5, 0.6) is 0 Å². The van der Waals surface area contributed by atoms with Crippen LogP contribution >= 0.6 is 0 Å². The summed E-state index contributed by atoms with van der Waals surface area (Å²) in [7, 11) is 0. The topological polar surface area (TPSA) is 51.6 Å². The fraction of sp³-hybridized carbons (Fsp3) is 0.103. The standard InChI is InChI=1S/C29H24N4/c1-19-20(2)32-21(3)33-29(19)23-12-10-22(11-13-23)24-16-25(27-8-4-6-14-30-27)18-26(17-24)28-9-5-7-15-31-28/h4-18H,1-3H3. The van der Waals surface area contributed by atoms with Gasteiger partial charge in [-0.1, -0.05) is 36.4 Å². The molecule has 0 aliphatic carbocycles. The molecule has 0 spiro atoms. The Morgan fingerprint density at radius 3 is 1.61 bits per heavy atom. The molecule has 4 heteroatoms. The van der Waals surface area contributed by atoms with Gasteiger partial charge in [-0.25, -0.2) is 9.97 Å². The quantitative estimate of drug-likeness (QED) is 0.314. The van der Waals surface area contributed by atoms with Gasteiger partial charge in [-0.3, -0.25) is 9.97 Å². The Bertz CT molecular complexity index is 1350. The number of aromatic nitrogens is 4. The average Bonchev–Trinajstić information content (AvgIpc) is 2.87. The number of aryl methyl sites for hydroxylation is 2. The van der Waals surface area contributed by atoms with E-state index in [1.54, 1.807) is 0 Å². The summed E-state index contributed by atoms with van der Waals surface area (Å²) in [6.07, 6.45) is 3.65. The van der Waals surface area contributed by atoms with Gasteiger partial charge in [0.1, 0.15) is 5.82 Å². The predicted octanol–water partition coefficient (Wildman–Crippen LogP) is 6.86. The van der Waals surface area contributed by atoms with Gasteiger partial charge in [0, 0.05) is 34.8 Å². The monoisotopic (exact) mass is 428 g/mol. The molecule has 5 aromatic rings. The molecule has 0 aliphatic rings. The van der Waals surface area contributed by atoms with Crippen LogP contribution in [0.25, 0.3) is 44.9 Å². The molecular formula is C29H24N4. The van der Waals surface area contributed by atoms with Gasteiger partial charge in [-0.05, 0) is 79.9 Å². The van der Waals surface area contributed by atoms with Crippen molar-refractivity contribution in [3.8, 4) is 44.9 Å². The van der Waals surface area contributed by atoms with Gasteiger partial charge in [0.2, 0.25) is 0 Å². The highest BCUT2D eigenvalue weighted by molar-refractivity contribution is 5.80. The number of benzene rings is 2. The SMILES string of the molecule is Cc1nc(C)c(C)c(-c2ccc(-c3cc(-c4ccccn4)cc(-c4ccccn4)c3)cc2)n1. The molecule has 0 atom stereocenters. The van der Waals surface area contributed by atoms with Gasteiger partial charge >= 0.3 is 0 Å². The Morgan fingerprint density at radius 1 is 0.515 bits per heavy atom. The zero-order valence-corrected chi connectivity index (χ0v) is 18.9. The van der Waals surface area contributed by atoms with Gasteiger partial charge in [0.25, 0.3) is 0 Å². The Balaban J connectivity index is 1.60. The number of pyridine rings is 2. The van der Waals surface area contributed by atoms with Crippen LogP contribution < -0.4 is 0 Å². The molecule has 0 bridgehead atoms. The van der Waals surface area contributed by atoms with Crippen LogP contribution in [0.2, 0.25) is 0 Å². The normalized spacial score (nSPS) is 10.9. The summed E-state index contributed by atoms with van der Waals surface area (Å²) >= 11 is 0. The molecule has 0 unspecified atom stereocenters. The van der Waals surface area contributed by atoms with E-state index in [2.05, 4.69) is 69.3 Å². The van der Waals surface area contributed by atoms with E-state index in [4.69, 9.17) is 0 Å². The van der Waals surface area contributed by atoms with Crippen molar-refractivity contribution in [2.24, 2.45) is 0 Å². The van der Waals surface area contributed by atoms with Crippen molar-refractivity contribution < 1.29 is 0 Å². The lowest BCUT2D eigenvalue weighted by Crippen LogP contribution is -1.99. The third-order valence-corrected chi connectivity index (χ3v) is 5.85. The van der Waals surface area contributed by atoms with Crippen molar-refractivity contribution in [1.82, 2.24) is 19.9 Å². The van der Waals surface area contributed by atoms with E-state index in [0.29, 0.717) is 0 Å². The molecule has 0 fully saturated rings. The average molecular weight is 429 g/mol. The Morgan fingerprint density at radius 2 is 1.06 bits per heavy atom. The van der Waals surface area contributed by atoms with Crippen molar-refractivity contribution in [2.45, 2.75) is 20.8 Å². The number of hydrogen-bond acceptors (Lipinski definition) is 4. The van der Waals surface area contributed by atoms with Crippen LogP contribution in [0.4, 0.5) is 0 Å². The van der Waals surface area contributed by atoms with Crippen LogP contribution in [0, 0.1) is 20.8 Å². The summed E-state index contributed by atoms with van der Waals surface area (Å²) in [5.74, 6) is 0.792. The Kier molecular flexibility index (Phi) is 5.49. The Hall–Kier alpha value is -4.18. The lowest BCUT2D eigenvalue weighted by Gasteiger charge is -2.12. The van der Waals surface area contributed by atoms with E-state index in [-0.39, 0.29) is 0 Å². The molecule has 0 saturated carbocycles. The van der Waals surface area contributed by atoms with E-state index < -0.39 is 0 Å². The molecule has 2 aromatic carbocycles. The maximum Gasteiger partial charge on any atom is 0.126 e. The minimum atomic E-state index is 0.792. The lowest BCUT2D eigenvalue weighted by atomic mass is 9.95. The van der Waals surface area contributed by atoms with Crippen molar-refractivity contribution in [3.05, 3.63) is 108 Å². The van der Waals surface area contributed by atoms with Crippen molar-refractivity contribution in [2.75, 3.05) is 0 Å². The largest absolute Gasteiger partial charge is 0.256 e. The van der Waals surface area contributed by atoms with E-state index in [1.165, 1.54) is 0 Å². The molecule has 33 heavy (non-hydrogen) atoms. The van der Waals surface area contributed by atoms with Gasteiger partial charge in [-0.15, -0.1) is 0 Å². The Labute approximate surface area is 194 Å². The number of rotatable bonds is 4. The van der Waals surface area contributed by atoms with Crippen LogP contribution in [0.1, 0.15) is 17.1 Å². The molecule has 3 heterocycles. The fourth-order valence-corrected chi connectivity index (χ4v) is 4.03. The number of nitrogens with zero attached hydrogens (tertiary/aromatic N) is 4. The highest BCUT2D eigenvalue weighted by atomic mass is 14.9. The van der Waals surface area contributed by atoms with Gasteiger partial charge in [0.05, 0.1) is 17.1 Å². The first-order valence-corrected chi connectivity index (χ1v) is 11.0. The molecular weight excluding hydrogens is 404 g/mol. The van der Waals surface area contributed by atoms with E-state index in [9.17, 15) is 0 Å². The van der Waals surface area contributed by atoms with E-state index in [1.807, 2.05) is 62.6 Å². The van der Waals surface area contributed by atoms with Crippen molar-refractivity contribution in [3.63, 3.8) is 0 Å². The van der Waals surface area contributed by atoms with Crippen LogP contribution in [-0.2, 0) is 0 Å². The van der Waals surface area contributed by atoms with Crippen LogP contribution in [-0.4, -0.2) is 19.9 Å². The highest BCUT2D eigenvalue weighted by Gasteiger charge is 2.11. The molecule has 4 nitrogen and oxygen atoms in total. The summed E-state index contributed by atoms with van der Waals surface area (Å²) in [5, 5.41) is 0. The summed E-state index contributed by atoms with van der Waals surface area (Å²) in [5.41, 5.74) is 10.5. The predicted molar refractivity (Wildman–Crippen MR) is 134 cm³/mol. The third kappa shape index (κ3) is 4.28. The summed E-state index contributed by atoms with van der Waals surface area (Å²) in [4.78, 5) is 18.3. The third-order valence-electron chi connectivity index (χ3n) is 5.85. The summed E-state index contributed by atoms with van der Waals surface area (Å²) in [6, 6.07) is 27.1. The van der Waals surface area contributed by atoms with Gasteiger partial charge in [0.15, 0.2) is 0 Å². The smallest absolute Gasteiger partial charge is 0.126 e. The molecule has 0 radical (unpaired) electrons. The first-order valence-electron chi connectivity index (χ1n) is 11.0. The first-order chi connectivity index (χ1) is 16.1. The summed E-state index contributed by atoms with van der Waals surface area (Å²) < 4.78 is 0. The maximum absolute atomic E-state index is 4.69. The molecule has 0 saturated heterocycles. The maximum atomic E-state index is 4.69. The molecule has 0 amide bonds. The van der Waals surface area contributed by atoms with Gasteiger partial charge in [-0.2, -0.15) is 0 Å². The van der Waals surface area contributed by atoms with Crippen molar-refractivity contribution >= 4 is 0 Å². The van der Waals surface area contributed by atoms with Gasteiger partial charge < -0.3 is 0 Å². The minimum Gasteiger partial charge on any atom is -0.256 e. The zero-order valence-electron chi connectivity index (χ0n) is 18.9. The van der Waals surface area contributed by atoms with E-state index >= 15 is 0 Å². The second-order valence-electron chi connectivity index (χ2n) is 8.14. The molecule has 3 aromatic heterocycles. The minimum absolute atomic E-state index is 0.792. The molecule has 0 N–H and O–H groups in total. The first kappa shape index (κ1) is 20.7. The summed E-state index contributed by atoms with van der Waals surface area (Å²) in [6.45, 7) is 6.05. The second kappa shape index (κ2) is 8.75. The highest BCUT2D eigenvalue weighted by Crippen LogP contribution is 2.33. The van der Waals surface area contributed by atoms with Crippen molar-refractivity contribution in [1.29, 1.82) is 0 Å². The molecule has 160 valence electrons. The van der Waals surface area contributed by atoms with E-state index in [0.717, 1.165) is 62.0 Å². The van der Waals surface area contributed by atoms with Crippen LogP contribution in [0.3, 0.4) is 0 Å². The number of hydrogen-bond donors (Lipinski definition) is 0. The molecule has 0 aliphatic heterocycles. The zero-order chi connectivity index (χ0) is 22.8. The molecule has 5 rings (SSSR count).